The van der Waals surface area contributed by atoms with Gasteiger partial charge in [-0.05, 0) is 24.3 Å². The first-order valence-corrected chi connectivity index (χ1v) is 8.47. The van der Waals surface area contributed by atoms with Crippen molar-refractivity contribution in [1.29, 1.82) is 0 Å². The van der Waals surface area contributed by atoms with Gasteiger partial charge >= 0.3 is 0 Å². The Bertz CT molecular complexity index is 391. The second-order valence-electron chi connectivity index (χ2n) is 3.10. The van der Waals surface area contributed by atoms with Crippen LogP contribution in [-0.2, 0) is 0 Å². The van der Waals surface area contributed by atoms with E-state index in [0.717, 1.165) is 23.0 Å². The lowest BCUT2D eigenvalue weighted by molar-refractivity contribution is 0.359. The molecule has 0 unspecified atom stereocenters. The van der Waals surface area contributed by atoms with Gasteiger partial charge in [0.25, 0.3) is 0 Å². The molecule has 0 aromatic heterocycles. The largest absolute Gasteiger partial charge is 0.450 e. The molecule has 2 aromatic carbocycles. The molecule has 1 heterocycles. The molecule has 0 fully saturated rings. The van der Waals surface area contributed by atoms with Gasteiger partial charge in [0.1, 0.15) is 0 Å². The van der Waals surface area contributed by atoms with E-state index in [2.05, 4.69) is 0 Å². The third-order valence-corrected chi connectivity index (χ3v) is 2.14. The third-order valence-electron chi connectivity index (χ3n) is 2.14. The predicted octanol–water partition coefficient (Wildman–Crippen LogP) is 7.69. The monoisotopic (exact) mass is 304 g/mol. The van der Waals surface area contributed by atoms with Gasteiger partial charge in [0, 0.05) is 0 Å². The van der Waals surface area contributed by atoms with Crippen molar-refractivity contribution in [3.8, 4) is 23.0 Å². The number of hydrogen-bond acceptors (Lipinski definition) is 2. The number of hydrogen-bond donors (Lipinski definition) is 0. The topological polar surface area (TPSA) is 18.5 Å². The number of fused-ring (bicyclic) bond motifs is 2. The summed E-state index contributed by atoms with van der Waals surface area (Å²) in [5, 5.41) is 0. The normalized spacial score (nSPS) is 8.73. The Hall–Kier alpha value is -1.96. The minimum atomic E-state index is 0.770. The van der Waals surface area contributed by atoms with E-state index in [-0.39, 0.29) is 0 Å². The summed E-state index contributed by atoms with van der Waals surface area (Å²) < 4.78 is 11.3. The molecule has 2 aromatic rings. The van der Waals surface area contributed by atoms with Crippen LogP contribution in [0.4, 0.5) is 0 Å². The smallest absolute Gasteiger partial charge is 0.170 e. The summed E-state index contributed by atoms with van der Waals surface area (Å²) in [6, 6.07) is 15.3. The summed E-state index contributed by atoms with van der Waals surface area (Å²) in [5.74, 6) is 3.08. The van der Waals surface area contributed by atoms with E-state index >= 15 is 0 Å². The van der Waals surface area contributed by atoms with Gasteiger partial charge in [-0.25, -0.2) is 0 Å². The van der Waals surface area contributed by atoms with E-state index < -0.39 is 0 Å². The van der Waals surface area contributed by atoms with Crippen molar-refractivity contribution in [3.63, 3.8) is 0 Å². The van der Waals surface area contributed by atoms with Crippen molar-refractivity contribution in [1.82, 2.24) is 0 Å². The first-order valence-electron chi connectivity index (χ1n) is 8.47. The molecule has 0 bridgehead atoms. The molecule has 0 N–H and O–H groups in total. The van der Waals surface area contributed by atoms with Crippen LogP contribution in [-0.4, -0.2) is 0 Å². The summed E-state index contributed by atoms with van der Waals surface area (Å²) in [5.41, 5.74) is 0. The maximum absolute atomic E-state index is 5.65. The molecule has 2 heteroatoms. The van der Waals surface area contributed by atoms with E-state index in [1.807, 2.05) is 104 Å². The van der Waals surface area contributed by atoms with E-state index in [9.17, 15) is 0 Å². The van der Waals surface area contributed by atoms with E-state index in [1.165, 1.54) is 0 Å². The average molecular weight is 304 g/mol. The molecule has 0 aliphatic carbocycles. The zero-order valence-corrected chi connectivity index (χ0v) is 15.4. The summed E-state index contributed by atoms with van der Waals surface area (Å²) in [4.78, 5) is 0. The van der Waals surface area contributed by atoms with E-state index in [4.69, 9.17) is 9.47 Å². The molecule has 3 rings (SSSR count). The summed E-state index contributed by atoms with van der Waals surface area (Å²) in [6.07, 6.45) is 0. The van der Waals surface area contributed by atoms with Gasteiger partial charge in [0.2, 0.25) is 0 Å². The molecular weight excluding hydrogens is 272 g/mol. The molecule has 0 atom stereocenters. The van der Waals surface area contributed by atoms with Gasteiger partial charge in [-0.1, -0.05) is 79.7 Å². The Kier molecular flexibility index (Phi) is 15.7. The van der Waals surface area contributed by atoms with Crippen molar-refractivity contribution < 1.29 is 9.47 Å². The minimum absolute atomic E-state index is 0.770. The average Bonchev–Trinajstić information content (AvgIpc) is 2.66. The van der Waals surface area contributed by atoms with Crippen LogP contribution < -0.4 is 9.47 Å². The van der Waals surface area contributed by atoms with Gasteiger partial charge in [-0.3, -0.25) is 0 Å². The molecule has 22 heavy (non-hydrogen) atoms. The maximum Gasteiger partial charge on any atom is 0.170 e. The zero-order valence-electron chi connectivity index (χ0n) is 15.4. The van der Waals surface area contributed by atoms with Crippen molar-refractivity contribution in [2.45, 2.75) is 55.4 Å². The highest BCUT2D eigenvalue weighted by molar-refractivity contribution is 5.53. The van der Waals surface area contributed by atoms with Crippen LogP contribution in [0.2, 0.25) is 0 Å². The second-order valence-corrected chi connectivity index (χ2v) is 3.10. The summed E-state index contributed by atoms with van der Waals surface area (Å²) in [7, 11) is 0. The van der Waals surface area contributed by atoms with Crippen LogP contribution in [0.3, 0.4) is 0 Å². The van der Waals surface area contributed by atoms with E-state index in [0.29, 0.717) is 0 Å². The fourth-order valence-corrected chi connectivity index (χ4v) is 1.47. The Morgan fingerprint density at radius 3 is 0.773 bits per heavy atom. The zero-order chi connectivity index (χ0) is 17.4. The molecule has 0 spiro atoms. The lowest BCUT2D eigenvalue weighted by Crippen LogP contribution is -1.97. The molecular formula is C20H32O2. The fourth-order valence-electron chi connectivity index (χ4n) is 1.47. The lowest BCUT2D eigenvalue weighted by atomic mass is 10.2. The number of rotatable bonds is 0. The first kappa shape index (κ1) is 22.3. The molecule has 1 aliphatic rings. The molecule has 0 amide bonds. The number of ether oxygens (including phenoxy) is 2. The number of benzene rings is 2. The first-order chi connectivity index (χ1) is 10.9. The van der Waals surface area contributed by atoms with Gasteiger partial charge < -0.3 is 9.47 Å². The quantitative estimate of drug-likeness (QED) is 0.424. The van der Waals surface area contributed by atoms with Crippen LogP contribution in [0.5, 0.6) is 23.0 Å². The van der Waals surface area contributed by atoms with Gasteiger partial charge in [-0.15, -0.1) is 0 Å². The highest BCUT2D eigenvalue weighted by Crippen LogP contribution is 2.44. The van der Waals surface area contributed by atoms with Crippen molar-refractivity contribution >= 4 is 0 Å². The number of para-hydroxylation sites is 4. The standard InChI is InChI=1S/C12H8O2.4C2H6/c1-2-6-10-9(5-1)13-11-7-3-4-8-12(11)14-10;4*1-2/h1-8H;4*1-2H3. The fraction of sp³-hybridized carbons (Fsp3) is 0.400. The van der Waals surface area contributed by atoms with Crippen molar-refractivity contribution in [3.05, 3.63) is 48.5 Å². The van der Waals surface area contributed by atoms with Crippen molar-refractivity contribution in [2.75, 3.05) is 0 Å². The lowest BCUT2D eigenvalue weighted by Gasteiger charge is -2.19. The van der Waals surface area contributed by atoms with Crippen LogP contribution in [0.1, 0.15) is 55.4 Å². The van der Waals surface area contributed by atoms with Gasteiger partial charge in [-0.2, -0.15) is 0 Å². The molecule has 0 saturated carbocycles. The molecule has 0 radical (unpaired) electrons. The molecule has 1 aliphatic heterocycles. The summed E-state index contributed by atoms with van der Waals surface area (Å²) >= 11 is 0. The van der Waals surface area contributed by atoms with Gasteiger partial charge in [0.15, 0.2) is 23.0 Å². The predicted molar refractivity (Wildman–Crippen MR) is 98.4 cm³/mol. The second kappa shape index (κ2) is 15.4. The molecule has 0 saturated heterocycles. The Labute approximate surface area is 137 Å². The molecule has 2 nitrogen and oxygen atoms in total. The minimum Gasteiger partial charge on any atom is -0.450 e. The Morgan fingerprint density at radius 1 is 0.409 bits per heavy atom. The van der Waals surface area contributed by atoms with Crippen LogP contribution in [0.15, 0.2) is 48.5 Å². The van der Waals surface area contributed by atoms with Crippen LogP contribution in [0.25, 0.3) is 0 Å². The van der Waals surface area contributed by atoms with Crippen LogP contribution in [0, 0.1) is 0 Å². The van der Waals surface area contributed by atoms with Crippen molar-refractivity contribution in [2.24, 2.45) is 0 Å². The highest BCUT2D eigenvalue weighted by Gasteiger charge is 2.16. The SMILES string of the molecule is CC.CC.CC.CC.c1ccc2c(c1)Oc1ccccc1O2. The Balaban J connectivity index is 0. The summed E-state index contributed by atoms with van der Waals surface area (Å²) in [6.45, 7) is 16.0. The third kappa shape index (κ3) is 6.66. The maximum atomic E-state index is 5.65. The van der Waals surface area contributed by atoms with E-state index in [1.54, 1.807) is 0 Å². The Morgan fingerprint density at radius 2 is 0.591 bits per heavy atom. The van der Waals surface area contributed by atoms with Crippen LogP contribution >= 0.6 is 0 Å². The van der Waals surface area contributed by atoms with Gasteiger partial charge in [0.05, 0.1) is 0 Å². The molecule has 124 valence electrons. The highest BCUT2D eigenvalue weighted by atomic mass is 16.6.